The van der Waals surface area contributed by atoms with E-state index in [9.17, 15) is 4.79 Å². The molecule has 1 saturated heterocycles. The van der Waals surface area contributed by atoms with E-state index in [-0.39, 0.29) is 5.91 Å². The zero-order valence-electron chi connectivity index (χ0n) is 17.2. The number of hydrazone groups is 1. The third kappa shape index (κ3) is 4.75. The van der Waals surface area contributed by atoms with Crippen LogP contribution in [0.1, 0.15) is 10.6 Å². The molecule has 1 aliphatic rings. The lowest BCUT2D eigenvalue weighted by Gasteiger charge is -2.32. The Morgan fingerprint density at radius 2 is 1.73 bits per heavy atom. The van der Waals surface area contributed by atoms with Crippen LogP contribution in [0, 0.1) is 6.92 Å². The number of anilines is 1. The summed E-state index contributed by atoms with van der Waals surface area (Å²) in [6, 6.07) is 17.9. The molecule has 1 aliphatic heterocycles. The van der Waals surface area contributed by atoms with E-state index in [2.05, 4.69) is 22.5 Å². The maximum atomic E-state index is 13.3. The van der Waals surface area contributed by atoms with Crippen LogP contribution in [0.3, 0.4) is 0 Å². The van der Waals surface area contributed by atoms with Gasteiger partial charge in [0.1, 0.15) is 5.01 Å². The van der Waals surface area contributed by atoms with Crippen LogP contribution in [0.15, 0.2) is 65.1 Å². The van der Waals surface area contributed by atoms with E-state index in [4.69, 9.17) is 4.98 Å². The number of piperazine rings is 1. The number of hydrogen-bond donors (Lipinski definition) is 1. The van der Waals surface area contributed by atoms with Crippen molar-refractivity contribution >= 4 is 28.6 Å². The Hall–Kier alpha value is -3.03. The van der Waals surface area contributed by atoms with Crippen LogP contribution in [0.2, 0.25) is 0 Å². The number of amides is 1. The van der Waals surface area contributed by atoms with Crippen molar-refractivity contribution in [2.75, 3.05) is 38.7 Å². The molecule has 154 valence electrons. The highest BCUT2D eigenvalue weighted by Gasteiger charge is 2.26. The third-order valence-electron chi connectivity index (χ3n) is 5.12. The summed E-state index contributed by atoms with van der Waals surface area (Å²) in [6.45, 7) is 5.14. The molecule has 0 radical (unpaired) electrons. The molecule has 1 amide bonds. The topological polar surface area (TPSA) is 60.8 Å². The highest BCUT2D eigenvalue weighted by Crippen LogP contribution is 2.23. The van der Waals surface area contributed by atoms with Gasteiger partial charge >= 0.3 is 0 Å². The van der Waals surface area contributed by atoms with E-state index in [1.807, 2.05) is 71.8 Å². The normalized spacial score (nSPS) is 15.3. The Bertz CT molecular complexity index is 1020. The largest absolute Gasteiger partial charge is 0.335 e. The number of nitrogens with one attached hydrogen (secondary N) is 1. The molecule has 30 heavy (non-hydrogen) atoms. The quantitative estimate of drug-likeness (QED) is 0.506. The summed E-state index contributed by atoms with van der Waals surface area (Å²) >= 11 is 1.44. The van der Waals surface area contributed by atoms with Gasteiger partial charge in [-0.15, -0.1) is 11.3 Å². The second-order valence-corrected chi connectivity index (χ2v) is 8.30. The molecule has 3 aromatic rings. The molecule has 0 saturated carbocycles. The third-order valence-corrected chi connectivity index (χ3v) is 5.97. The average molecular weight is 420 g/mol. The number of nitrogens with zero attached hydrogens (tertiary/aromatic N) is 4. The smallest absolute Gasteiger partial charge is 0.277 e. The zero-order chi connectivity index (χ0) is 20.9. The van der Waals surface area contributed by atoms with Crippen LogP contribution in [0.5, 0.6) is 0 Å². The summed E-state index contributed by atoms with van der Waals surface area (Å²) in [6.07, 6.45) is 0. The first-order chi connectivity index (χ1) is 14.6. The van der Waals surface area contributed by atoms with Crippen LogP contribution in [-0.2, 0) is 4.79 Å². The van der Waals surface area contributed by atoms with Gasteiger partial charge in [0.25, 0.3) is 5.91 Å². The molecule has 0 atom stereocenters. The van der Waals surface area contributed by atoms with Gasteiger partial charge in [0.2, 0.25) is 0 Å². The predicted molar refractivity (Wildman–Crippen MR) is 123 cm³/mol. The van der Waals surface area contributed by atoms with E-state index >= 15 is 0 Å². The van der Waals surface area contributed by atoms with Gasteiger partial charge in [-0.25, -0.2) is 4.98 Å². The van der Waals surface area contributed by atoms with Crippen molar-refractivity contribution in [3.8, 4) is 11.3 Å². The minimum absolute atomic E-state index is 0.0864. The van der Waals surface area contributed by atoms with Crippen LogP contribution < -0.4 is 5.43 Å². The Morgan fingerprint density at radius 3 is 2.43 bits per heavy atom. The van der Waals surface area contributed by atoms with Crippen LogP contribution >= 0.6 is 11.3 Å². The fourth-order valence-electron chi connectivity index (χ4n) is 3.22. The van der Waals surface area contributed by atoms with Gasteiger partial charge in [-0.1, -0.05) is 48.0 Å². The number of thiazole rings is 1. The van der Waals surface area contributed by atoms with Gasteiger partial charge in [-0.2, -0.15) is 5.10 Å². The summed E-state index contributed by atoms with van der Waals surface area (Å²) in [4.78, 5) is 22.1. The van der Waals surface area contributed by atoms with Gasteiger partial charge in [0.15, 0.2) is 5.71 Å². The number of hydrogen-bond acceptors (Lipinski definition) is 6. The first-order valence-corrected chi connectivity index (χ1v) is 10.9. The summed E-state index contributed by atoms with van der Waals surface area (Å²) < 4.78 is 0. The predicted octanol–water partition coefficient (Wildman–Crippen LogP) is 3.71. The maximum absolute atomic E-state index is 13.3. The lowest BCUT2D eigenvalue weighted by Crippen LogP contribution is -2.49. The van der Waals surface area contributed by atoms with Gasteiger partial charge in [-0.3, -0.25) is 10.2 Å². The molecular weight excluding hydrogens is 394 g/mol. The van der Waals surface area contributed by atoms with Crippen molar-refractivity contribution in [1.29, 1.82) is 0 Å². The minimum Gasteiger partial charge on any atom is -0.335 e. The Labute approximate surface area is 180 Å². The number of benzene rings is 2. The van der Waals surface area contributed by atoms with Crippen LogP contribution in [0.25, 0.3) is 11.3 Å². The van der Waals surface area contributed by atoms with E-state index in [1.54, 1.807) is 0 Å². The van der Waals surface area contributed by atoms with Crippen molar-refractivity contribution in [1.82, 2.24) is 14.8 Å². The number of aromatic nitrogens is 1. The molecule has 1 N–H and O–H groups in total. The highest BCUT2D eigenvalue weighted by atomic mass is 32.1. The van der Waals surface area contributed by atoms with E-state index in [0.29, 0.717) is 23.8 Å². The zero-order valence-corrected chi connectivity index (χ0v) is 18.0. The lowest BCUT2D eigenvalue weighted by atomic mass is 10.2. The monoisotopic (exact) mass is 419 g/mol. The number of rotatable bonds is 5. The van der Waals surface area contributed by atoms with Crippen LogP contribution in [0.4, 0.5) is 5.69 Å². The highest BCUT2D eigenvalue weighted by molar-refractivity contribution is 7.13. The van der Waals surface area contributed by atoms with Crippen molar-refractivity contribution in [2.24, 2.45) is 5.10 Å². The number of carbonyl (C=O) groups excluding carboxylic acids is 1. The SMILES string of the molecule is Cc1ccc(NN=C(C(=O)N2CCN(C)CC2)c2nc(-c3ccccc3)cs2)cc1. The molecular formula is C23H25N5OS. The van der Waals surface area contributed by atoms with E-state index in [1.165, 1.54) is 16.9 Å². The summed E-state index contributed by atoms with van der Waals surface area (Å²) in [5.74, 6) is -0.0864. The summed E-state index contributed by atoms with van der Waals surface area (Å²) in [5.41, 5.74) is 7.29. The molecule has 4 rings (SSSR count). The van der Waals surface area contributed by atoms with Gasteiger partial charge in [-0.05, 0) is 26.1 Å². The standard InChI is InChI=1S/C23H25N5OS/c1-17-8-10-19(11-9-17)25-26-21(23(29)28-14-12-27(2)13-15-28)22-24-20(16-30-22)18-6-4-3-5-7-18/h3-11,16,25H,12-15H2,1-2H3. The second-order valence-electron chi connectivity index (χ2n) is 7.44. The van der Waals surface area contributed by atoms with Crippen molar-refractivity contribution in [2.45, 2.75) is 6.92 Å². The molecule has 0 unspecified atom stereocenters. The van der Waals surface area contributed by atoms with E-state index < -0.39 is 0 Å². The molecule has 7 heteroatoms. The number of likely N-dealkylation sites (N-methyl/N-ethyl adjacent to an activating group) is 1. The fourth-order valence-corrected chi connectivity index (χ4v) is 4.03. The minimum atomic E-state index is -0.0864. The Kier molecular flexibility index (Phi) is 6.21. The molecule has 1 fully saturated rings. The summed E-state index contributed by atoms with van der Waals surface area (Å²) in [5, 5.41) is 7.10. The lowest BCUT2D eigenvalue weighted by molar-refractivity contribution is -0.125. The van der Waals surface area contributed by atoms with Crippen molar-refractivity contribution < 1.29 is 4.79 Å². The first-order valence-electron chi connectivity index (χ1n) is 9.99. The van der Waals surface area contributed by atoms with Crippen molar-refractivity contribution in [3.05, 3.63) is 70.5 Å². The molecule has 0 bridgehead atoms. The number of aryl methyl sites for hydroxylation is 1. The molecule has 0 aliphatic carbocycles. The number of carbonyl (C=O) groups is 1. The molecule has 6 nitrogen and oxygen atoms in total. The molecule has 1 aromatic heterocycles. The second kappa shape index (κ2) is 9.19. The van der Waals surface area contributed by atoms with Gasteiger partial charge < -0.3 is 9.80 Å². The van der Waals surface area contributed by atoms with Gasteiger partial charge in [0, 0.05) is 37.1 Å². The Morgan fingerprint density at radius 1 is 1.03 bits per heavy atom. The van der Waals surface area contributed by atoms with Crippen molar-refractivity contribution in [3.63, 3.8) is 0 Å². The fraction of sp³-hybridized carbons (Fsp3) is 0.261. The molecule has 0 spiro atoms. The molecule has 2 heterocycles. The summed E-state index contributed by atoms with van der Waals surface area (Å²) in [7, 11) is 2.07. The Balaban J connectivity index is 1.63. The van der Waals surface area contributed by atoms with Gasteiger partial charge in [0.05, 0.1) is 11.4 Å². The average Bonchev–Trinajstić information content (AvgIpc) is 3.26. The maximum Gasteiger partial charge on any atom is 0.277 e. The first kappa shape index (κ1) is 20.3. The van der Waals surface area contributed by atoms with Crippen LogP contribution in [-0.4, -0.2) is 59.6 Å². The molecule has 2 aromatic carbocycles. The van der Waals surface area contributed by atoms with E-state index in [0.717, 1.165) is 30.0 Å².